The standard InChI is InChI=1S/C28H25Br2N/c1-3-20-5-11-26(12-6-20)31(27-13-7-21(4-2)8-14-27)28-15-9-22(10-16-28)23-17-24(29)19-25(30)18-23/h5-19H,3-4H2,1-2H3. The van der Waals surface area contributed by atoms with Gasteiger partial charge in [0.2, 0.25) is 0 Å². The van der Waals surface area contributed by atoms with Crippen LogP contribution in [0.3, 0.4) is 0 Å². The van der Waals surface area contributed by atoms with E-state index >= 15 is 0 Å². The van der Waals surface area contributed by atoms with Gasteiger partial charge in [0.25, 0.3) is 0 Å². The molecule has 0 bridgehead atoms. The molecule has 0 aliphatic rings. The van der Waals surface area contributed by atoms with Gasteiger partial charge in [0.1, 0.15) is 0 Å². The summed E-state index contributed by atoms with van der Waals surface area (Å²) in [5, 5.41) is 0. The SMILES string of the molecule is CCc1ccc(N(c2ccc(CC)cc2)c2ccc(-c3cc(Br)cc(Br)c3)cc2)cc1. The maximum absolute atomic E-state index is 3.59. The van der Waals surface area contributed by atoms with Crippen LogP contribution in [0.5, 0.6) is 0 Å². The third kappa shape index (κ3) is 5.11. The van der Waals surface area contributed by atoms with Crippen molar-refractivity contribution in [2.24, 2.45) is 0 Å². The highest BCUT2D eigenvalue weighted by Gasteiger charge is 2.13. The van der Waals surface area contributed by atoms with Crippen LogP contribution >= 0.6 is 31.9 Å². The highest BCUT2D eigenvalue weighted by molar-refractivity contribution is 9.11. The minimum absolute atomic E-state index is 1.04. The lowest BCUT2D eigenvalue weighted by molar-refractivity contribution is 1.13. The van der Waals surface area contributed by atoms with Gasteiger partial charge in [-0.1, -0.05) is 82.1 Å². The molecular formula is C28H25Br2N. The Morgan fingerprint density at radius 2 is 0.903 bits per heavy atom. The zero-order valence-electron chi connectivity index (χ0n) is 17.8. The van der Waals surface area contributed by atoms with Crippen molar-refractivity contribution in [2.45, 2.75) is 26.7 Å². The number of anilines is 3. The number of halogens is 2. The van der Waals surface area contributed by atoms with E-state index < -0.39 is 0 Å². The predicted molar refractivity (Wildman–Crippen MR) is 141 cm³/mol. The molecule has 0 amide bonds. The fourth-order valence-corrected chi connectivity index (χ4v) is 5.03. The van der Waals surface area contributed by atoms with Gasteiger partial charge in [-0.3, -0.25) is 0 Å². The van der Waals surface area contributed by atoms with Crippen LogP contribution in [0.15, 0.2) is 99.9 Å². The number of nitrogens with zero attached hydrogens (tertiary/aromatic N) is 1. The summed E-state index contributed by atoms with van der Waals surface area (Å²) in [6.45, 7) is 4.38. The molecule has 0 saturated heterocycles. The van der Waals surface area contributed by atoms with Gasteiger partial charge >= 0.3 is 0 Å². The summed E-state index contributed by atoms with van der Waals surface area (Å²) in [5.41, 5.74) is 8.54. The summed E-state index contributed by atoms with van der Waals surface area (Å²) in [5.74, 6) is 0. The molecule has 0 radical (unpaired) electrons. The summed E-state index contributed by atoms with van der Waals surface area (Å²) in [7, 11) is 0. The fourth-order valence-electron chi connectivity index (χ4n) is 3.73. The van der Waals surface area contributed by atoms with Gasteiger partial charge in [0.15, 0.2) is 0 Å². The first-order chi connectivity index (χ1) is 15.1. The van der Waals surface area contributed by atoms with Crippen LogP contribution in [0.4, 0.5) is 17.1 Å². The minimum atomic E-state index is 1.04. The molecule has 0 atom stereocenters. The Morgan fingerprint density at radius 3 is 1.29 bits per heavy atom. The molecule has 0 aliphatic heterocycles. The van der Waals surface area contributed by atoms with Crippen LogP contribution in [0, 0.1) is 0 Å². The molecule has 156 valence electrons. The summed E-state index contributed by atoms with van der Waals surface area (Å²) in [6, 6.07) is 32.9. The maximum atomic E-state index is 3.59. The Bertz CT molecular complexity index is 1080. The number of aryl methyl sites for hydroxylation is 2. The van der Waals surface area contributed by atoms with Gasteiger partial charge in [-0.05, 0) is 89.7 Å². The average Bonchev–Trinajstić information content (AvgIpc) is 2.80. The van der Waals surface area contributed by atoms with Crippen molar-refractivity contribution in [3.63, 3.8) is 0 Å². The average molecular weight is 535 g/mol. The molecule has 0 heterocycles. The lowest BCUT2D eigenvalue weighted by Crippen LogP contribution is -2.10. The lowest BCUT2D eigenvalue weighted by atomic mass is 10.0. The smallest absolute Gasteiger partial charge is 0.0462 e. The lowest BCUT2D eigenvalue weighted by Gasteiger charge is -2.26. The van der Waals surface area contributed by atoms with Crippen LogP contribution in [-0.2, 0) is 12.8 Å². The molecule has 0 aromatic heterocycles. The molecule has 0 aliphatic carbocycles. The number of benzene rings is 4. The van der Waals surface area contributed by atoms with Gasteiger partial charge in [-0.2, -0.15) is 0 Å². The highest BCUT2D eigenvalue weighted by atomic mass is 79.9. The largest absolute Gasteiger partial charge is 0.311 e. The van der Waals surface area contributed by atoms with Crippen molar-refractivity contribution in [3.05, 3.63) is 111 Å². The quantitative estimate of drug-likeness (QED) is 0.238. The Labute approximate surface area is 202 Å². The first kappa shape index (κ1) is 21.9. The van der Waals surface area contributed by atoms with E-state index in [-0.39, 0.29) is 0 Å². The number of hydrogen-bond acceptors (Lipinski definition) is 1. The molecule has 0 unspecified atom stereocenters. The third-order valence-electron chi connectivity index (χ3n) is 5.53. The van der Waals surface area contributed by atoms with Crippen LogP contribution in [-0.4, -0.2) is 0 Å². The molecule has 31 heavy (non-hydrogen) atoms. The zero-order valence-corrected chi connectivity index (χ0v) is 20.9. The van der Waals surface area contributed by atoms with E-state index in [0.717, 1.165) is 27.5 Å². The van der Waals surface area contributed by atoms with Crippen LogP contribution in [0.25, 0.3) is 11.1 Å². The minimum Gasteiger partial charge on any atom is -0.311 e. The van der Waals surface area contributed by atoms with Crippen molar-refractivity contribution in [1.29, 1.82) is 0 Å². The predicted octanol–water partition coefficient (Wildman–Crippen LogP) is 9.47. The van der Waals surface area contributed by atoms with Gasteiger partial charge in [0, 0.05) is 26.0 Å². The second kappa shape index (κ2) is 9.84. The van der Waals surface area contributed by atoms with E-state index in [2.05, 4.69) is 142 Å². The van der Waals surface area contributed by atoms with E-state index in [4.69, 9.17) is 0 Å². The maximum Gasteiger partial charge on any atom is 0.0462 e. The van der Waals surface area contributed by atoms with Crippen molar-refractivity contribution in [2.75, 3.05) is 4.90 Å². The van der Waals surface area contributed by atoms with E-state index in [1.54, 1.807) is 0 Å². The molecule has 1 nitrogen and oxygen atoms in total. The highest BCUT2D eigenvalue weighted by Crippen LogP contribution is 2.36. The summed E-state index contributed by atoms with van der Waals surface area (Å²) in [4.78, 5) is 2.32. The fraction of sp³-hybridized carbons (Fsp3) is 0.143. The summed E-state index contributed by atoms with van der Waals surface area (Å²) >= 11 is 7.19. The Hall–Kier alpha value is -2.36. The second-order valence-corrected chi connectivity index (χ2v) is 9.41. The normalized spacial score (nSPS) is 10.8. The Kier molecular flexibility index (Phi) is 6.94. The summed E-state index contributed by atoms with van der Waals surface area (Å²) < 4.78 is 2.13. The molecule has 0 fully saturated rings. The molecule has 4 aromatic carbocycles. The number of rotatable bonds is 6. The topological polar surface area (TPSA) is 3.24 Å². The van der Waals surface area contributed by atoms with E-state index in [1.807, 2.05) is 0 Å². The molecule has 3 heteroatoms. The Morgan fingerprint density at radius 1 is 0.516 bits per heavy atom. The Balaban J connectivity index is 1.75. The van der Waals surface area contributed by atoms with Crippen molar-refractivity contribution >= 4 is 48.9 Å². The molecule has 4 aromatic rings. The van der Waals surface area contributed by atoms with Crippen LogP contribution < -0.4 is 4.90 Å². The van der Waals surface area contributed by atoms with Gasteiger partial charge < -0.3 is 4.90 Å². The zero-order chi connectivity index (χ0) is 21.8. The monoisotopic (exact) mass is 533 g/mol. The molecule has 0 spiro atoms. The summed E-state index contributed by atoms with van der Waals surface area (Å²) in [6.07, 6.45) is 2.09. The van der Waals surface area contributed by atoms with Crippen molar-refractivity contribution in [3.8, 4) is 11.1 Å². The van der Waals surface area contributed by atoms with Crippen LogP contribution in [0.2, 0.25) is 0 Å². The molecule has 4 rings (SSSR count). The van der Waals surface area contributed by atoms with E-state index in [0.29, 0.717) is 0 Å². The van der Waals surface area contributed by atoms with E-state index in [9.17, 15) is 0 Å². The first-order valence-electron chi connectivity index (χ1n) is 10.6. The van der Waals surface area contributed by atoms with Gasteiger partial charge in [0.05, 0.1) is 0 Å². The first-order valence-corrected chi connectivity index (χ1v) is 12.2. The molecular weight excluding hydrogens is 510 g/mol. The van der Waals surface area contributed by atoms with Crippen molar-refractivity contribution < 1.29 is 0 Å². The van der Waals surface area contributed by atoms with Crippen molar-refractivity contribution in [1.82, 2.24) is 0 Å². The third-order valence-corrected chi connectivity index (χ3v) is 6.44. The van der Waals surface area contributed by atoms with Gasteiger partial charge in [-0.25, -0.2) is 0 Å². The number of hydrogen-bond donors (Lipinski definition) is 0. The molecule has 0 saturated carbocycles. The van der Waals surface area contributed by atoms with E-state index in [1.165, 1.54) is 33.6 Å². The van der Waals surface area contributed by atoms with Gasteiger partial charge in [-0.15, -0.1) is 0 Å². The molecule has 0 N–H and O–H groups in total. The van der Waals surface area contributed by atoms with Crippen LogP contribution in [0.1, 0.15) is 25.0 Å². The second-order valence-electron chi connectivity index (χ2n) is 7.58.